The van der Waals surface area contributed by atoms with E-state index in [4.69, 9.17) is 4.74 Å². The highest BCUT2D eigenvalue weighted by atomic mass is 79.9. The quantitative estimate of drug-likeness (QED) is 0.665. The van der Waals surface area contributed by atoms with E-state index in [1.165, 1.54) is 10.6 Å². The number of benzene rings is 2. The maximum absolute atomic E-state index is 12.4. The third-order valence-corrected chi connectivity index (χ3v) is 4.27. The highest BCUT2D eigenvalue weighted by molar-refractivity contribution is 9.10. The van der Waals surface area contributed by atoms with E-state index in [2.05, 4.69) is 21.2 Å². The molecule has 1 amide bonds. The molecule has 0 spiro atoms. The Kier molecular flexibility index (Phi) is 5.53. The van der Waals surface area contributed by atoms with Crippen molar-refractivity contribution in [1.29, 1.82) is 0 Å². The molecule has 2 aromatic carbocycles. The van der Waals surface area contributed by atoms with Crippen LogP contribution in [0.5, 0.6) is 11.5 Å². The molecular formula is C20H17BrN2O3. The second kappa shape index (κ2) is 8.01. The highest BCUT2D eigenvalue weighted by Crippen LogP contribution is 2.23. The van der Waals surface area contributed by atoms with Gasteiger partial charge >= 0.3 is 0 Å². The van der Waals surface area contributed by atoms with E-state index in [9.17, 15) is 9.59 Å². The molecule has 3 aromatic rings. The van der Waals surface area contributed by atoms with Gasteiger partial charge in [-0.15, -0.1) is 0 Å². The van der Waals surface area contributed by atoms with Crippen LogP contribution in [0.15, 0.2) is 82.2 Å². The Morgan fingerprint density at radius 1 is 1.00 bits per heavy atom. The molecule has 0 saturated carbocycles. The zero-order valence-electron chi connectivity index (χ0n) is 14.1. The third kappa shape index (κ3) is 4.40. The second-order valence-electron chi connectivity index (χ2n) is 5.70. The number of carbonyl (C=O) groups is 1. The molecule has 0 aliphatic heterocycles. The molecule has 1 heterocycles. The summed E-state index contributed by atoms with van der Waals surface area (Å²) < 4.78 is 7.84. The number of rotatable bonds is 5. The Morgan fingerprint density at radius 3 is 2.35 bits per heavy atom. The van der Waals surface area contributed by atoms with Gasteiger partial charge in [-0.05, 0) is 65.3 Å². The Balaban J connectivity index is 1.67. The van der Waals surface area contributed by atoms with Crippen LogP contribution in [0.25, 0.3) is 0 Å². The SMILES string of the molecule is CC(C(=O)Nc1ccc(Oc2ccccc2)cc1)n1cc(Br)ccc1=O. The van der Waals surface area contributed by atoms with Gasteiger partial charge in [0.25, 0.3) is 5.56 Å². The molecular weight excluding hydrogens is 396 g/mol. The van der Waals surface area contributed by atoms with Crippen LogP contribution in [0, 0.1) is 0 Å². The summed E-state index contributed by atoms with van der Waals surface area (Å²) in [6.45, 7) is 1.68. The maximum atomic E-state index is 12.4. The number of para-hydroxylation sites is 1. The zero-order chi connectivity index (χ0) is 18.5. The van der Waals surface area contributed by atoms with E-state index in [1.54, 1.807) is 43.5 Å². The number of aromatic nitrogens is 1. The van der Waals surface area contributed by atoms with Crippen LogP contribution in [-0.2, 0) is 4.79 Å². The van der Waals surface area contributed by atoms with Crippen LogP contribution in [0.2, 0.25) is 0 Å². The van der Waals surface area contributed by atoms with Crippen molar-refractivity contribution in [3.63, 3.8) is 0 Å². The van der Waals surface area contributed by atoms with Gasteiger partial charge in [0.1, 0.15) is 17.5 Å². The van der Waals surface area contributed by atoms with E-state index < -0.39 is 6.04 Å². The third-order valence-electron chi connectivity index (χ3n) is 3.80. The summed E-state index contributed by atoms with van der Waals surface area (Å²) in [5.74, 6) is 1.14. The minimum absolute atomic E-state index is 0.234. The lowest BCUT2D eigenvalue weighted by molar-refractivity contribution is -0.118. The average molecular weight is 413 g/mol. The fourth-order valence-corrected chi connectivity index (χ4v) is 2.74. The first-order valence-electron chi connectivity index (χ1n) is 8.04. The number of carbonyl (C=O) groups excluding carboxylic acids is 1. The molecule has 26 heavy (non-hydrogen) atoms. The summed E-state index contributed by atoms with van der Waals surface area (Å²) in [4.78, 5) is 24.4. The number of ether oxygens (including phenoxy) is 1. The molecule has 0 aliphatic carbocycles. The number of nitrogens with zero attached hydrogens (tertiary/aromatic N) is 1. The lowest BCUT2D eigenvalue weighted by Crippen LogP contribution is -2.30. The lowest BCUT2D eigenvalue weighted by atomic mass is 10.2. The normalized spacial score (nSPS) is 11.6. The summed E-state index contributed by atoms with van der Waals surface area (Å²) in [6, 6.07) is 18.9. The van der Waals surface area contributed by atoms with Crippen LogP contribution in [0.3, 0.4) is 0 Å². The van der Waals surface area contributed by atoms with Gasteiger partial charge in [-0.25, -0.2) is 0 Å². The van der Waals surface area contributed by atoms with Crippen molar-refractivity contribution in [3.05, 3.63) is 87.8 Å². The number of amides is 1. The number of anilines is 1. The highest BCUT2D eigenvalue weighted by Gasteiger charge is 2.16. The van der Waals surface area contributed by atoms with Crippen molar-refractivity contribution in [2.45, 2.75) is 13.0 Å². The molecule has 0 radical (unpaired) electrons. The van der Waals surface area contributed by atoms with Gasteiger partial charge in [0.2, 0.25) is 5.91 Å². The van der Waals surface area contributed by atoms with Gasteiger partial charge in [-0.1, -0.05) is 18.2 Å². The molecule has 0 bridgehead atoms. The van der Waals surface area contributed by atoms with Crippen LogP contribution in [-0.4, -0.2) is 10.5 Å². The maximum Gasteiger partial charge on any atom is 0.251 e. The standard InChI is InChI=1S/C20H17BrN2O3/c1-14(23-13-15(21)7-12-19(23)24)20(25)22-16-8-10-18(11-9-16)26-17-5-3-2-4-6-17/h2-14H,1H3,(H,22,25). The van der Waals surface area contributed by atoms with Crippen molar-refractivity contribution < 1.29 is 9.53 Å². The molecule has 6 heteroatoms. The number of hydrogen-bond acceptors (Lipinski definition) is 3. The van der Waals surface area contributed by atoms with E-state index in [0.29, 0.717) is 11.4 Å². The predicted molar refractivity (Wildman–Crippen MR) is 105 cm³/mol. The van der Waals surface area contributed by atoms with E-state index >= 15 is 0 Å². The van der Waals surface area contributed by atoms with Crippen molar-refractivity contribution >= 4 is 27.5 Å². The first kappa shape index (κ1) is 17.9. The van der Waals surface area contributed by atoms with Crippen LogP contribution in [0.4, 0.5) is 5.69 Å². The number of pyridine rings is 1. The number of nitrogens with one attached hydrogen (secondary N) is 1. The van der Waals surface area contributed by atoms with E-state index in [-0.39, 0.29) is 11.5 Å². The Bertz CT molecular complexity index is 953. The Labute approximate surface area is 159 Å². The molecule has 0 aliphatic rings. The Hall–Kier alpha value is -2.86. The first-order valence-corrected chi connectivity index (χ1v) is 8.84. The molecule has 1 atom stereocenters. The number of hydrogen-bond donors (Lipinski definition) is 1. The fraction of sp³-hybridized carbons (Fsp3) is 0.100. The summed E-state index contributed by atoms with van der Waals surface area (Å²) >= 11 is 3.31. The van der Waals surface area contributed by atoms with Gasteiger partial charge < -0.3 is 14.6 Å². The lowest BCUT2D eigenvalue weighted by Gasteiger charge is -2.15. The molecule has 0 saturated heterocycles. The molecule has 1 aromatic heterocycles. The first-order chi connectivity index (χ1) is 12.5. The average Bonchev–Trinajstić information content (AvgIpc) is 2.65. The van der Waals surface area contributed by atoms with E-state index in [0.717, 1.165) is 10.2 Å². The van der Waals surface area contributed by atoms with Crippen molar-refractivity contribution in [3.8, 4) is 11.5 Å². The van der Waals surface area contributed by atoms with Gasteiger partial charge in [0.15, 0.2) is 0 Å². The van der Waals surface area contributed by atoms with Crippen LogP contribution >= 0.6 is 15.9 Å². The molecule has 132 valence electrons. The van der Waals surface area contributed by atoms with Gasteiger partial charge in [0.05, 0.1) is 0 Å². The summed E-state index contributed by atoms with van der Waals surface area (Å²) in [7, 11) is 0. The van der Waals surface area contributed by atoms with Gasteiger partial charge in [-0.2, -0.15) is 0 Å². The monoisotopic (exact) mass is 412 g/mol. The largest absolute Gasteiger partial charge is 0.457 e. The molecule has 1 N–H and O–H groups in total. The van der Waals surface area contributed by atoms with Crippen molar-refractivity contribution in [2.24, 2.45) is 0 Å². The summed E-state index contributed by atoms with van der Waals surface area (Å²) in [5.41, 5.74) is 0.396. The molecule has 5 nitrogen and oxygen atoms in total. The number of halogens is 1. The minimum Gasteiger partial charge on any atom is -0.457 e. The summed E-state index contributed by atoms with van der Waals surface area (Å²) in [5, 5.41) is 2.81. The topological polar surface area (TPSA) is 60.3 Å². The fourth-order valence-electron chi connectivity index (χ4n) is 2.38. The zero-order valence-corrected chi connectivity index (χ0v) is 15.6. The van der Waals surface area contributed by atoms with Crippen LogP contribution in [0.1, 0.15) is 13.0 Å². The Morgan fingerprint density at radius 2 is 1.65 bits per heavy atom. The molecule has 1 unspecified atom stereocenters. The van der Waals surface area contributed by atoms with Gasteiger partial charge in [-0.3, -0.25) is 9.59 Å². The molecule has 3 rings (SSSR count). The van der Waals surface area contributed by atoms with Gasteiger partial charge in [0, 0.05) is 22.4 Å². The smallest absolute Gasteiger partial charge is 0.251 e. The predicted octanol–water partition coefficient (Wildman–Crippen LogP) is 4.60. The second-order valence-corrected chi connectivity index (χ2v) is 6.61. The van der Waals surface area contributed by atoms with Crippen LogP contribution < -0.4 is 15.6 Å². The summed E-state index contributed by atoms with van der Waals surface area (Å²) in [6.07, 6.45) is 1.60. The van der Waals surface area contributed by atoms with E-state index in [1.807, 2.05) is 30.3 Å². The van der Waals surface area contributed by atoms with Crippen molar-refractivity contribution in [1.82, 2.24) is 4.57 Å². The van der Waals surface area contributed by atoms with Crippen molar-refractivity contribution in [2.75, 3.05) is 5.32 Å². The molecule has 0 fully saturated rings. The minimum atomic E-state index is -0.639.